The molecular weight excluding hydrogens is 2070 g/mol. The van der Waals surface area contributed by atoms with Gasteiger partial charge in [-0.2, -0.15) is 0 Å². The summed E-state index contributed by atoms with van der Waals surface area (Å²) in [6, 6.07) is -5.15. The van der Waals surface area contributed by atoms with Gasteiger partial charge in [0.1, 0.15) is 269 Å². The van der Waals surface area contributed by atoms with Crippen molar-refractivity contribution in [2.75, 3.05) is 79.3 Å². The molecule has 0 spiro atoms. The predicted molar refractivity (Wildman–Crippen MR) is 450 cm³/mol. The average Bonchev–Trinajstić information content (AvgIpc) is 0.736. The van der Waals surface area contributed by atoms with Crippen LogP contribution in [0.25, 0.3) is 0 Å². The Hall–Kier alpha value is -4.15. The molecular formula is C80H137N3O67. The second-order valence-electron chi connectivity index (χ2n) is 37.7. The van der Waals surface area contributed by atoms with Crippen molar-refractivity contribution >= 4 is 17.9 Å². The molecule has 11 fully saturated rings. The van der Waals surface area contributed by atoms with Gasteiger partial charge in [-0.1, -0.05) is 0 Å². The predicted octanol–water partition coefficient (Wildman–Crippen LogP) is -30.4. The maximum atomic E-state index is 14.6. The summed E-state index contributed by atoms with van der Waals surface area (Å²) in [5.41, 5.74) is 17.9. The molecule has 11 heterocycles. The van der Waals surface area contributed by atoms with E-state index >= 15 is 0 Å². The fourth-order valence-corrected chi connectivity index (χ4v) is 18.5. The van der Waals surface area contributed by atoms with Gasteiger partial charge in [-0.25, -0.2) is 14.4 Å². The van der Waals surface area contributed by atoms with E-state index in [2.05, 4.69) is 0 Å². The SMILES string of the molecule is N[C@H]1[C@H](OC[C@@H](O)[C@@H](N)[C@H](O)[C@@H](O)CO)O[C@H](CO[C@]2(C(=O)O)C[C@@H](O[C@]3(C(=O)O)C[C@@H](O)[C@@H](O)[C@@H]([C@H](O)CO)O3)[C@@H](O[C@H]3O[C@H]([C@@H](O)CO)[C@@H](O[C@@H]4O[C@H](CO)[C@@H](O)[C@H](O)[C@H]4O)[C@H](O[C@H]4O[C@H]([C@@H](O)CO[C@H]5O[C@H]([C@@H](O)CO)[C@@H](O)[C@H](O)[C@@H]5O)[C@@H](O)[C@H](O[C@H]5O[C@H](C(=O)O)[C@H](O)[C@H](O)[C@H]5O[C@H]5O[C@H]([C@H](O)CO)[C@@H](O)[C@H](O)[C@@H]5O[C@H]5O[C@H]([C@@H](O)CO)[C@@H](O)[C@H](O)[C@@H]5O)[C@@H]4O)[C@@H]3O)[C@@H]([C@H](O)CO[C@H]3OC[C@H](N)[C@H](O)[C@H]3O)O2)[C@@H](O)[C@@H]1O. The van der Waals surface area contributed by atoms with E-state index in [0.717, 1.165) is 0 Å². The Bertz CT molecular complexity index is 4120. The number of carbonyl (C=O) groups is 3. The lowest BCUT2D eigenvalue weighted by molar-refractivity contribution is -0.421. The molecule has 0 aromatic rings. The van der Waals surface area contributed by atoms with Crippen LogP contribution in [-0.4, -0.2) is 697 Å². The van der Waals surface area contributed by atoms with Crippen LogP contribution in [0.15, 0.2) is 0 Å². The number of aliphatic hydroxyl groups excluding tert-OH is 39. The van der Waals surface area contributed by atoms with Crippen LogP contribution in [0.2, 0.25) is 0 Å². The van der Waals surface area contributed by atoms with Crippen molar-refractivity contribution in [3.63, 3.8) is 0 Å². The molecule has 63 atom stereocenters. The van der Waals surface area contributed by atoms with E-state index in [0.29, 0.717) is 0 Å². The highest BCUT2D eigenvalue weighted by atomic mass is 16.8. The van der Waals surface area contributed by atoms with E-state index in [-0.39, 0.29) is 0 Å². The lowest BCUT2D eigenvalue weighted by Gasteiger charge is -2.53. The van der Waals surface area contributed by atoms with Crippen LogP contribution in [0.3, 0.4) is 0 Å². The highest BCUT2D eigenvalue weighted by Crippen LogP contribution is 2.47. The quantitative estimate of drug-likeness (QED) is 0.0269. The van der Waals surface area contributed by atoms with Crippen LogP contribution in [0.4, 0.5) is 0 Å². The van der Waals surface area contributed by atoms with E-state index in [1.807, 2.05) is 0 Å². The first-order valence-electron chi connectivity index (χ1n) is 46.8. The van der Waals surface area contributed by atoms with Gasteiger partial charge < -0.3 is 336 Å². The Morgan fingerprint density at radius 1 is 0.320 bits per heavy atom. The van der Waals surface area contributed by atoms with Crippen LogP contribution < -0.4 is 17.2 Å². The summed E-state index contributed by atoms with van der Waals surface area (Å²) in [6.07, 6.45) is -153. The molecule has 0 aromatic carbocycles. The summed E-state index contributed by atoms with van der Waals surface area (Å²) in [5.74, 6) is -14.9. The van der Waals surface area contributed by atoms with Gasteiger partial charge >= 0.3 is 17.9 Å². The Morgan fingerprint density at radius 3 is 1.26 bits per heavy atom. The molecule has 0 radical (unpaired) electrons. The van der Waals surface area contributed by atoms with Crippen molar-refractivity contribution in [1.82, 2.24) is 0 Å². The van der Waals surface area contributed by atoms with E-state index < -0.39 is 495 Å². The van der Waals surface area contributed by atoms with E-state index in [4.69, 9.17) is 121 Å². The fourth-order valence-electron chi connectivity index (χ4n) is 18.5. The van der Waals surface area contributed by atoms with Crippen LogP contribution in [0, 0.1) is 0 Å². The first kappa shape index (κ1) is 126. The molecule has 0 bridgehead atoms. The van der Waals surface area contributed by atoms with E-state index in [1.54, 1.807) is 0 Å². The monoisotopic (exact) mass is 2210 g/mol. The topological polar surface area (TPSA) is 1180 Å². The number of nitrogens with two attached hydrogens (primary N) is 3. The minimum absolute atomic E-state index is 0.684. The van der Waals surface area contributed by atoms with Gasteiger partial charge in [0.2, 0.25) is 0 Å². The third-order valence-corrected chi connectivity index (χ3v) is 27.4. The highest BCUT2D eigenvalue weighted by Gasteiger charge is 2.67. The highest BCUT2D eigenvalue weighted by molar-refractivity contribution is 5.77. The third-order valence-electron chi connectivity index (χ3n) is 27.4. The fraction of sp³-hybridized carbons (Fsp3) is 0.963. The number of rotatable bonds is 46. The van der Waals surface area contributed by atoms with Crippen molar-refractivity contribution < 1.29 is 333 Å². The number of hydrogen-bond acceptors (Lipinski definition) is 67. The number of ether oxygens (including phenoxy) is 22. The summed E-state index contributed by atoms with van der Waals surface area (Å²) in [7, 11) is 0. The standard InChI is InChI=1S/C80H137N3O67/c81-15-10-129-69(46(116)31(15)101)131-13-25(100)59-60(26(148-80(78(127)128)1-16(91)33(103)57(149-80)21(96)7-88)2-79(150-59,77(125)126)133-14-28-35(105)36(106)30(83)68(135-28)130-11-23(98)29(82)32(102)17(92)3-84)141-74-52(122)62(66(58(140-74)22(97)8-89)147-71-48(118)37(107)34(104)27(9-90)134-71)143-73-51(121)61(50(120)56(138-73)24(99)12-132-70-47(117)38(108)40(110)53(136-70)18(93)4-85)142-76-65(45(115)43(113)63(144-76)67(123)124)146-75-64(44(114)42(112)55(139-75)20(95)6-87)145-72-49(119)39(109)41(111)54(137-72)19(94)5-86/h15-66,68-76,84-122H,1-14,81-83H2,(H,123,124)(H,125,126)(H,127,128)/t15-,16+,17-,18-,19-,20+,21+,22-,23+,24-,25+,26+,27+,28+,29+,30+,31-,32+,33+,34+,35+,36+,37-,38-,39-,40-,41-,42-,43+,44-,45-,46+,47-,48+,49-,50+,51-,52-,53+,54+,55+,56+,57+,58+,59+,60+,61-,62+,63-,64-,65+,66+,68+,69+,70-,71-,72+,73+,74+,75+,76-,79+,80+/m0/s1. The number of aliphatic hydroxyl groups is 39. The maximum Gasteiger partial charge on any atom is 0.364 e. The minimum Gasteiger partial charge on any atom is -0.479 e. The molecule has 0 amide bonds. The van der Waals surface area contributed by atoms with Gasteiger partial charge in [0, 0.05) is 12.8 Å². The second-order valence-corrected chi connectivity index (χ2v) is 37.7. The third kappa shape index (κ3) is 27.1. The molecule has 874 valence electrons. The zero-order valence-electron chi connectivity index (χ0n) is 78.3. The normalized spacial score (nSPS) is 47.8. The van der Waals surface area contributed by atoms with Crippen LogP contribution in [0.5, 0.6) is 0 Å². The van der Waals surface area contributed by atoms with Gasteiger partial charge in [-0.05, 0) is 0 Å². The summed E-state index contributed by atoms with van der Waals surface area (Å²) < 4.78 is 129. The molecule has 70 nitrogen and oxygen atoms in total. The first-order valence-corrected chi connectivity index (χ1v) is 46.8. The Balaban J connectivity index is 1.06. The van der Waals surface area contributed by atoms with Crippen molar-refractivity contribution in [3.05, 3.63) is 0 Å². The summed E-state index contributed by atoms with van der Waals surface area (Å²) in [6.45, 7) is -15.9. The van der Waals surface area contributed by atoms with Crippen molar-refractivity contribution in [3.8, 4) is 0 Å². The van der Waals surface area contributed by atoms with Crippen molar-refractivity contribution in [1.29, 1.82) is 0 Å². The number of carboxylic acid groups (broad SMARTS) is 3. The van der Waals surface area contributed by atoms with Crippen LogP contribution >= 0.6 is 0 Å². The van der Waals surface area contributed by atoms with Gasteiger partial charge in [0.15, 0.2) is 62.7 Å². The molecule has 11 aliphatic rings. The largest absolute Gasteiger partial charge is 0.479 e. The molecule has 0 aliphatic carbocycles. The molecule has 0 aromatic heterocycles. The zero-order valence-corrected chi connectivity index (χ0v) is 78.3. The Labute approximate surface area is 843 Å². The summed E-state index contributed by atoms with van der Waals surface area (Å²) >= 11 is 0. The maximum absolute atomic E-state index is 14.6. The van der Waals surface area contributed by atoms with Gasteiger partial charge in [0.25, 0.3) is 11.6 Å². The van der Waals surface area contributed by atoms with E-state index in [9.17, 15) is 229 Å². The zero-order chi connectivity index (χ0) is 111. The molecule has 11 saturated heterocycles. The second kappa shape index (κ2) is 53.9. The lowest BCUT2D eigenvalue weighted by Crippen LogP contribution is -2.71. The van der Waals surface area contributed by atoms with Gasteiger partial charge in [-0.3, -0.25) is 0 Å². The summed E-state index contributed by atoms with van der Waals surface area (Å²) in [5, 5.41) is 472. The molecule has 70 heteroatoms. The molecule has 0 unspecified atom stereocenters. The van der Waals surface area contributed by atoms with Crippen molar-refractivity contribution in [2.24, 2.45) is 17.2 Å². The Morgan fingerprint density at radius 2 is 0.720 bits per heavy atom. The van der Waals surface area contributed by atoms with Crippen LogP contribution in [-0.2, 0) is 119 Å². The minimum atomic E-state index is -3.84. The smallest absolute Gasteiger partial charge is 0.364 e. The molecule has 150 heavy (non-hydrogen) atoms. The molecule has 11 rings (SSSR count). The summed E-state index contributed by atoms with van der Waals surface area (Å²) in [4.78, 5) is 42.1. The van der Waals surface area contributed by atoms with Gasteiger partial charge in [0.05, 0.1) is 122 Å². The molecule has 48 N–H and O–H groups in total. The van der Waals surface area contributed by atoms with E-state index in [1.165, 1.54) is 0 Å². The number of hydrogen-bond donors (Lipinski definition) is 45. The molecule has 0 saturated carbocycles. The average molecular weight is 2210 g/mol. The first-order chi connectivity index (χ1) is 70.5. The van der Waals surface area contributed by atoms with Gasteiger partial charge in [-0.15, -0.1) is 0 Å². The Kier molecular flexibility index (Phi) is 45.3. The lowest BCUT2D eigenvalue weighted by atomic mass is 9.89. The number of aliphatic carboxylic acids is 3. The van der Waals surface area contributed by atoms with Crippen molar-refractivity contribution in [2.45, 2.75) is 398 Å². The number of carboxylic acids is 3. The van der Waals surface area contributed by atoms with Crippen LogP contribution in [0.1, 0.15) is 12.8 Å². The molecule has 11 aliphatic heterocycles.